The van der Waals surface area contributed by atoms with Gasteiger partial charge in [0.25, 0.3) is 5.91 Å². The van der Waals surface area contributed by atoms with E-state index in [0.717, 1.165) is 0 Å². The predicted molar refractivity (Wildman–Crippen MR) is 105 cm³/mol. The van der Waals surface area contributed by atoms with Crippen LogP contribution in [-0.4, -0.2) is 28.1 Å². The molecule has 1 heterocycles. The largest absolute Gasteiger partial charge is 0.357 e. The van der Waals surface area contributed by atoms with Gasteiger partial charge in [0.2, 0.25) is 0 Å². The molecule has 1 saturated heterocycles. The van der Waals surface area contributed by atoms with Crippen molar-refractivity contribution in [3.8, 4) is 0 Å². The Morgan fingerprint density at radius 3 is 2.30 bits per heavy atom. The van der Waals surface area contributed by atoms with Crippen molar-refractivity contribution in [3.05, 3.63) is 35.4 Å². The lowest BCUT2D eigenvalue weighted by molar-refractivity contribution is 0.0943. The summed E-state index contributed by atoms with van der Waals surface area (Å²) in [6.45, 7) is 6.01. The van der Waals surface area contributed by atoms with Gasteiger partial charge in [-0.15, -0.1) is 23.5 Å². The van der Waals surface area contributed by atoms with E-state index < -0.39 is 0 Å². The van der Waals surface area contributed by atoms with Crippen LogP contribution in [0.4, 0.5) is 0 Å². The second-order valence-electron chi connectivity index (χ2n) is 6.33. The van der Waals surface area contributed by atoms with Gasteiger partial charge in [0, 0.05) is 11.1 Å². The first-order chi connectivity index (χ1) is 10.8. The summed E-state index contributed by atoms with van der Waals surface area (Å²) in [6.07, 6.45) is 1.28. The molecule has 0 spiro atoms. The summed E-state index contributed by atoms with van der Waals surface area (Å²) in [5.74, 6) is 2.22. The van der Waals surface area contributed by atoms with Crippen molar-refractivity contribution < 1.29 is 4.79 Å². The highest BCUT2D eigenvalue weighted by atomic mass is 32.2. The molecule has 1 aromatic rings. The molecule has 1 amide bonds. The third-order valence-electron chi connectivity index (χ3n) is 3.05. The van der Waals surface area contributed by atoms with E-state index in [9.17, 15) is 4.79 Å². The monoisotopic (exact) mass is 369 g/mol. The standard InChI is InChI=1S/C16H23N3OS3/c1-16(2,3)17-15(21)19-18-13(20)11-5-7-12(8-6-11)14-22-9-4-10-23-14/h5-8,14H,4,9-10H2,1-3H3,(H,18,20)(H2,17,19,21). The average molecular weight is 370 g/mol. The van der Waals surface area contributed by atoms with Gasteiger partial charge in [0.1, 0.15) is 0 Å². The Kier molecular flexibility index (Phi) is 6.61. The van der Waals surface area contributed by atoms with E-state index in [0.29, 0.717) is 15.3 Å². The number of thiocarbonyl (C=S) groups is 1. The Balaban J connectivity index is 1.86. The number of nitrogens with one attached hydrogen (secondary N) is 3. The van der Waals surface area contributed by atoms with E-state index >= 15 is 0 Å². The Bertz CT molecular complexity index is 549. The third-order valence-corrected chi connectivity index (χ3v) is 6.27. The Morgan fingerprint density at radius 2 is 1.74 bits per heavy atom. The molecule has 126 valence electrons. The van der Waals surface area contributed by atoms with Gasteiger partial charge in [-0.3, -0.25) is 15.6 Å². The molecule has 0 aromatic heterocycles. The number of thioether (sulfide) groups is 2. The van der Waals surface area contributed by atoms with Crippen LogP contribution < -0.4 is 16.2 Å². The van der Waals surface area contributed by atoms with E-state index in [1.165, 1.54) is 23.5 Å². The van der Waals surface area contributed by atoms with Crippen molar-refractivity contribution >= 4 is 46.8 Å². The van der Waals surface area contributed by atoms with Crippen LogP contribution in [0.5, 0.6) is 0 Å². The zero-order chi connectivity index (χ0) is 16.9. The Labute approximate surface area is 151 Å². The van der Waals surface area contributed by atoms with Crippen LogP contribution in [0.3, 0.4) is 0 Å². The van der Waals surface area contributed by atoms with Crippen LogP contribution in [0.2, 0.25) is 0 Å². The summed E-state index contributed by atoms with van der Waals surface area (Å²) < 4.78 is 0.488. The zero-order valence-corrected chi connectivity index (χ0v) is 16.1. The normalized spacial score (nSPS) is 15.8. The topological polar surface area (TPSA) is 53.2 Å². The summed E-state index contributed by atoms with van der Waals surface area (Å²) >= 11 is 9.08. The van der Waals surface area contributed by atoms with Gasteiger partial charge in [-0.05, 0) is 68.6 Å². The van der Waals surface area contributed by atoms with E-state index in [2.05, 4.69) is 16.2 Å². The predicted octanol–water partition coefficient (Wildman–Crippen LogP) is 3.46. The molecule has 0 radical (unpaired) electrons. The van der Waals surface area contributed by atoms with Crippen LogP contribution in [0.25, 0.3) is 0 Å². The minimum atomic E-state index is -0.196. The van der Waals surface area contributed by atoms with E-state index in [-0.39, 0.29) is 11.4 Å². The summed E-state index contributed by atoms with van der Waals surface area (Å²) in [5, 5.41) is 3.48. The smallest absolute Gasteiger partial charge is 0.269 e. The van der Waals surface area contributed by atoms with Crippen LogP contribution >= 0.6 is 35.7 Å². The van der Waals surface area contributed by atoms with E-state index in [1.54, 1.807) is 0 Å². The lowest BCUT2D eigenvalue weighted by Crippen LogP contribution is -2.52. The highest BCUT2D eigenvalue weighted by Crippen LogP contribution is 2.43. The van der Waals surface area contributed by atoms with Crippen molar-refractivity contribution in [3.63, 3.8) is 0 Å². The maximum Gasteiger partial charge on any atom is 0.269 e. The Hall–Kier alpha value is -0.920. The molecule has 0 atom stereocenters. The lowest BCUT2D eigenvalue weighted by Gasteiger charge is -2.23. The fourth-order valence-corrected chi connectivity index (χ4v) is 5.28. The SMILES string of the molecule is CC(C)(C)NC(=S)NNC(=O)c1ccc(C2SCCCS2)cc1. The molecular formula is C16H23N3OS3. The summed E-state index contributed by atoms with van der Waals surface area (Å²) in [5.41, 5.74) is 7.09. The molecule has 0 aliphatic carbocycles. The maximum atomic E-state index is 12.1. The number of hydrazine groups is 1. The van der Waals surface area contributed by atoms with Crippen molar-refractivity contribution in [2.24, 2.45) is 0 Å². The molecule has 0 unspecified atom stereocenters. The summed E-state index contributed by atoms with van der Waals surface area (Å²) in [7, 11) is 0. The highest BCUT2D eigenvalue weighted by Gasteiger charge is 2.17. The number of carbonyl (C=O) groups is 1. The third kappa shape index (κ3) is 6.24. The van der Waals surface area contributed by atoms with Crippen LogP contribution in [-0.2, 0) is 0 Å². The Morgan fingerprint density at radius 1 is 1.13 bits per heavy atom. The van der Waals surface area contributed by atoms with Gasteiger partial charge in [-0.2, -0.15) is 0 Å². The van der Waals surface area contributed by atoms with E-state index in [1.807, 2.05) is 68.6 Å². The average Bonchev–Trinajstić information content (AvgIpc) is 2.52. The molecule has 2 rings (SSSR count). The molecular weight excluding hydrogens is 346 g/mol. The summed E-state index contributed by atoms with van der Waals surface area (Å²) in [6, 6.07) is 7.80. The molecule has 0 saturated carbocycles. The fraction of sp³-hybridized carbons (Fsp3) is 0.500. The minimum absolute atomic E-state index is 0.147. The van der Waals surface area contributed by atoms with Crippen molar-refractivity contribution in [1.82, 2.24) is 16.2 Å². The van der Waals surface area contributed by atoms with Crippen molar-refractivity contribution in [2.45, 2.75) is 37.3 Å². The first-order valence-electron chi connectivity index (χ1n) is 7.57. The van der Waals surface area contributed by atoms with Crippen molar-refractivity contribution in [2.75, 3.05) is 11.5 Å². The first kappa shape index (κ1) is 18.4. The van der Waals surface area contributed by atoms with Crippen LogP contribution in [0, 0.1) is 0 Å². The molecule has 7 heteroatoms. The lowest BCUT2D eigenvalue weighted by atomic mass is 10.1. The summed E-state index contributed by atoms with van der Waals surface area (Å²) in [4.78, 5) is 12.1. The van der Waals surface area contributed by atoms with Gasteiger partial charge in [0.05, 0.1) is 4.58 Å². The molecule has 4 nitrogen and oxygen atoms in total. The molecule has 0 bridgehead atoms. The van der Waals surface area contributed by atoms with Crippen LogP contribution in [0.1, 0.15) is 47.7 Å². The van der Waals surface area contributed by atoms with Gasteiger partial charge in [-0.25, -0.2) is 0 Å². The van der Waals surface area contributed by atoms with Gasteiger partial charge in [0.15, 0.2) is 5.11 Å². The van der Waals surface area contributed by atoms with Crippen LogP contribution in [0.15, 0.2) is 24.3 Å². The quantitative estimate of drug-likeness (QED) is 0.548. The van der Waals surface area contributed by atoms with Crippen molar-refractivity contribution in [1.29, 1.82) is 0 Å². The zero-order valence-electron chi connectivity index (χ0n) is 13.6. The number of hydrogen-bond acceptors (Lipinski definition) is 4. The molecule has 1 aliphatic rings. The molecule has 3 N–H and O–H groups in total. The van der Waals surface area contributed by atoms with Gasteiger partial charge >= 0.3 is 0 Å². The van der Waals surface area contributed by atoms with Gasteiger partial charge < -0.3 is 5.32 Å². The minimum Gasteiger partial charge on any atom is -0.357 e. The maximum absolute atomic E-state index is 12.1. The number of benzene rings is 1. The number of rotatable bonds is 2. The first-order valence-corrected chi connectivity index (χ1v) is 10.1. The number of hydrogen-bond donors (Lipinski definition) is 3. The number of amides is 1. The second-order valence-corrected chi connectivity index (χ2v) is 9.46. The fourth-order valence-electron chi connectivity index (χ4n) is 2.03. The molecule has 1 fully saturated rings. The van der Waals surface area contributed by atoms with Gasteiger partial charge in [-0.1, -0.05) is 12.1 Å². The highest BCUT2D eigenvalue weighted by molar-refractivity contribution is 8.16. The molecule has 1 aliphatic heterocycles. The van der Waals surface area contributed by atoms with E-state index in [4.69, 9.17) is 12.2 Å². The number of carbonyl (C=O) groups excluding carboxylic acids is 1. The molecule has 23 heavy (non-hydrogen) atoms. The molecule has 1 aromatic carbocycles. The second kappa shape index (κ2) is 8.26.